The van der Waals surface area contributed by atoms with Gasteiger partial charge in [-0.1, -0.05) is 70.8 Å². The molecule has 32 heavy (non-hydrogen) atoms. The average Bonchev–Trinajstić information content (AvgIpc) is 2.72. The number of carbonyl (C=O) groups is 2. The third-order valence-electron chi connectivity index (χ3n) is 5.44. The maximum Gasteiger partial charge on any atom is 0.255 e. The molecule has 1 amide bonds. The lowest BCUT2D eigenvalue weighted by Gasteiger charge is -2.39. The van der Waals surface area contributed by atoms with E-state index in [2.05, 4.69) is 13.5 Å². The summed E-state index contributed by atoms with van der Waals surface area (Å²) in [5.41, 5.74) is 3.29. The Bertz CT molecular complexity index is 1160. The van der Waals surface area contributed by atoms with Gasteiger partial charge in [0, 0.05) is 22.0 Å². The number of hydrogen-bond acceptors (Lipinski definition) is 3. The Labute approximate surface area is 208 Å². The second kappa shape index (κ2) is 10.0. The van der Waals surface area contributed by atoms with Crippen LogP contribution in [-0.4, -0.2) is 23.1 Å². The summed E-state index contributed by atoms with van der Waals surface area (Å²) in [6, 6.07) is 8.23. The van der Waals surface area contributed by atoms with E-state index in [0.717, 1.165) is 26.5 Å². The van der Waals surface area contributed by atoms with Gasteiger partial charge in [0.1, 0.15) is 0 Å². The Hall–Kier alpha value is -1.72. The number of ketones is 1. The van der Waals surface area contributed by atoms with Crippen LogP contribution < -0.4 is 0 Å². The van der Waals surface area contributed by atoms with Crippen LogP contribution in [0, 0.1) is 6.92 Å². The van der Waals surface area contributed by atoms with Crippen molar-refractivity contribution in [3.63, 3.8) is 0 Å². The first-order valence-electron chi connectivity index (χ1n) is 10.1. The highest BCUT2D eigenvalue weighted by Gasteiger charge is 2.36. The molecule has 1 aliphatic rings. The van der Waals surface area contributed by atoms with Crippen molar-refractivity contribution in [1.29, 1.82) is 0 Å². The molecule has 1 aliphatic heterocycles. The largest absolute Gasteiger partial charge is 0.327 e. The number of aryl methyl sites for hydroxylation is 1. The van der Waals surface area contributed by atoms with Crippen LogP contribution in [0.15, 0.2) is 52.3 Å². The molecule has 7 heteroatoms. The van der Waals surface area contributed by atoms with Gasteiger partial charge in [-0.2, -0.15) is 0 Å². The standard InChI is InChI=1S/C25H24Cl3NO2S/c1-13(2)32-24-14(3)9-10-29(23(24)17-7-6-8-20(26)22(17)28)25(31)19-12-21(27)15(4)11-18(19)16(5)30/h6-8,11-12,23H,1,9-10H2,2-5H3. The summed E-state index contributed by atoms with van der Waals surface area (Å²) in [5, 5.41) is 1.26. The summed E-state index contributed by atoms with van der Waals surface area (Å²) in [4.78, 5) is 29.9. The minimum atomic E-state index is -0.455. The first kappa shape index (κ1) is 24.9. The van der Waals surface area contributed by atoms with Crippen molar-refractivity contribution in [1.82, 2.24) is 4.90 Å². The lowest BCUT2D eigenvalue weighted by atomic mass is 9.94. The Morgan fingerprint density at radius 3 is 2.38 bits per heavy atom. The summed E-state index contributed by atoms with van der Waals surface area (Å²) in [6.45, 7) is 11.8. The molecule has 0 N–H and O–H groups in total. The molecule has 1 atom stereocenters. The second-order valence-electron chi connectivity index (χ2n) is 7.95. The maximum absolute atomic E-state index is 13.9. The highest BCUT2D eigenvalue weighted by molar-refractivity contribution is 8.06. The van der Waals surface area contributed by atoms with E-state index in [-0.39, 0.29) is 17.3 Å². The summed E-state index contributed by atoms with van der Waals surface area (Å²) >= 11 is 20.8. The third-order valence-corrected chi connectivity index (χ3v) is 7.82. The average molecular weight is 509 g/mol. The van der Waals surface area contributed by atoms with Gasteiger partial charge in [0.25, 0.3) is 5.91 Å². The Kier molecular flexibility index (Phi) is 7.82. The first-order valence-corrected chi connectivity index (χ1v) is 12.1. The number of benzene rings is 2. The molecule has 0 radical (unpaired) electrons. The summed E-state index contributed by atoms with van der Waals surface area (Å²) < 4.78 is 0. The van der Waals surface area contributed by atoms with E-state index in [1.54, 1.807) is 23.1 Å². The van der Waals surface area contributed by atoms with Crippen LogP contribution in [0.4, 0.5) is 0 Å². The topological polar surface area (TPSA) is 37.4 Å². The molecule has 0 bridgehead atoms. The summed E-state index contributed by atoms with van der Waals surface area (Å²) in [5.74, 6) is -0.462. The minimum absolute atomic E-state index is 0.189. The third kappa shape index (κ3) is 4.94. The maximum atomic E-state index is 13.9. The predicted octanol–water partition coefficient (Wildman–Crippen LogP) is 8.29. The van der Waals surface area contributed by atoms with Crippen LogP contribution in [0.3, 0.4) is 0 Å². The molecule has 1 heterocycles. The number of amides is 1. The van der Waals surface area contributed by atoms with Gasteiger partial charge in [-0.3, -0.25) is 9.59 Å². The Morgan fingerprint density at radius 1 is 1.06 bits per heavy atom. The van der Waals surface area contributed by atoms with Gasteiger partial charge in [0.05, 0.1) is 21.7 Å². The number of allylic oxidation sites excluding steroid dienone is 1. The molecule has 168 valence electrons. The zero-order valence-electron chi connectivity index (χ0n) is 18.4. The molecular formula is C25H24Cl3NO2S. The highest BCUT2D eigenvalue weighted by Crippen LogP contribution is 2.47. The lowest BCUT2D eigenvalue weighted by Crippen LogP contribution is -2.40. The smallest absolute Gasteiger partial charge is 0.255 e. The van der Waals surface area contributed by atoms with Crippen molar-refractivity contribution < 1.29 is 9.59 Å². The molecule has 0 aliphatic carbocycles. The van der Waals surface area contributed by atoms with E-state index in [1.807, 2.05) is 26.0 Å². The SMILES string of the molecule is C=C(C)SC1=C(C)CCN(C(=O)c2cc(Cl)c(C)cc2C(C)=O)C1c1cccc(Cl)c1Cl. The van der Waals surface area contributed by atoms with Crippen LogP contribution in [0.25, 0.3) is 0 Å². The quantitative estimate of drug-likeness (QED) is 0.381. The van der Waals surface area contributed by atoms with Crippen molar-refractivity contribution in [2.75, 3.05) is 6.54 Å². The fourth-order valence-corrected chi connectivity index (χ4v) is 5.40. The number of halogens is 3. The van der Waals surface area contributed by atoms with Crippen LogP contribution in [0.2, 0.25) is 15.1 Å². The lowest BCUT2D eigenvalue weighted by molar-refractivity contribution is 0.0695. The fraction of sp³-hybridized carbons (Fsp3) is 0.280. The van der Waals surface area contributed by atoms with E-state index in [1.165, 1.54) is 18.7 Å². The zero-order chi connectivity index (χ0) is 23.7. The van der Waals surface area contributed by atoms with Crippen LogP contribution in [-0.2, 0) is 0 Å². The van der Waals surface area contributed by atoms with Crippen molar-refractivity contribution in [2.24, 2.45) is 0 Å². The van der Waals surface area contributed by atoms with Gasteiger partial charge in [-0.15, -0.1) is 0 Å². The van der Waals surface area contributed by atoms with E-state index in [4.69, 9.17) is 34.8 Å². The van der Waals surface area contributed by atoms with Crippen molar-refractivity contribution in [3.8, 4) is 0 Å². The second-order valence-corrected chi connectivity index (χ2v) is 10.5. The fourth-order valence-electron chi connectivity index (χ4n) is 3.81. The molecule has 3 rings (SSSR count). The van der Waals surface area contributed by atoms with Crippen molar-refractivity contribution in [3.05, 3.63) is 89.6 Å². The van der Waals surface area contributed by atoms with Gasteiger partial charge in [0.15, 0.2) is 5.78 Å². The molecule has 2 aromatic rings. The van der Waals surface area contributed by atoms with E-state index in [9.17, 15) is 9.59 Å². The first-order chi connectivity index (χ1) is 15.0. The number of carbonyl (C=O) groups excluding carboxylic acids is 2. The summed E-state index contributed by atoms with van der Waals surface area (Å²) in [7, 11) is 0. The normalized spacial score (nSPS) is 16.3. The van der Waals surface area contributed by atoms with Crippen LogP contribution >= 0.6 is 46.6 Å². The molecule has 3 nitrogen and oxygen atoms in total. The summed E-state index contributed by atoms with van der Waals surface area (Å²) in [6.07, 6.45) is 0.699. The van der Waals surface area contributed by atoms with Gasteiger partial charge in [-0.25, -0.2) is 0 Å². The molecule has 0 fully saturated rings. The van der Waals surface area contributed by atoms with E-state index in [0.29, 0.717) is 33.6 Å². The van der Waals surface area contributed by atoms with Crippen molar-refractivity contribution in [2.45, 2.75) is 40.2 Å². The number of Topliss-reactive ketones (excluding diaryl/α,β-unsaturated/α-hetero) is 1. The van der Waals surface area contributed by atoms with E-state index < -0.39 is 6.04 Å². The molecule has 0 aromatic heterocycles. The number of nitrogens with zero attached hydrogens (tertiary/aromatic N) is 1. The molecule has 2 aromatic carbocycles. The zero-order valence-corrected chi connectivity index (χ0v) is 21.5. The molecule has 1 unspecified atom stereocenters. The number of rotatable bonds is 5. The molecular weight excluding hydrogens is 485 g/mol. The Morgan fingerprint density at radius 2 is 1.75 bits per heavy atom. The van der Waals surface area contributed by atoms with E-state index >= 15 is 0 Å². The van der Waals surface area contributed by atoms with Gasteiger partial charge >= 0.3 is 0 Å². The molecule has 0 spiro atoms. The predicted molar refractivity (Wildman–Crippen MR) is 136 cm³/mol. The van der Waals surface area contributed by atoms with Crippen molar-refractivity contribution >= 4 is 58.3 Å². The molecule has 0 saturated carbocycles. The number of thioether (sulfide) groups is 1. The van der Waals surface area contributed by atoms with Gasteiger partial charge in [-0.05, 0) is 68.3 Å². The minimum Gasteiger partial charge on any atom is -0.327 e. The van der Waals surface area contributed by atoms with Crippen LogP contribution in [0.1, 0.15) is 65.1 Å². The van der Waals surface area contributed by atoms with Gasteiger partial charge < -0.3 is 4.90 Å². The monoisotopic (exact) mass is 507 g/mol. The highest BCUT2D eigenvalue weighted by atomic mass is 35.5. The molecule has 0 saturated heterocycles. The van der Waals surface area contributed by atoms with Crippen LogP contribution in [0.5, 0.6) is 0 Å². The Balaban J connectivity index is 2.22. The number of hydrogen-bond donors (Lipinski definition) is 0. The van der Waals surface area contributed by atoms with Gasteiger partial charge in [0.2, 0.25) is 0 Å².